The SMILES string of the molecule is CC(C)COc1cccc(/C(O)=C2/C(=O)C(=O)N(Cc3cccnc3)C2c2ccc(O)cc2)c1. The molecule has 7 nitrogen and oxygen atoms in total. The summed E-state index contributed by atoms with van der Waals surface area (Å²) in [4.78, 5) is 31.8. The minimum absolute atomic E-state index is 0.0133. The molecule has 0 aliphatic carbocycles. The molecule has 2 heterocycles. The van der Waals surface area contributed by atoms with E-state index in [9.17, 15) is 19.8 Å². The smallest absolute Gasteiger partial charge is 0.295 e. The molecule has 0 radical (unpaired) electrons. The number of phenolic OH excluding ortho intramolecular Hbond substituents is 1. The lowest BCUT2D eigenvalue weighted by atomic mass is 9.95. The fourth-order valence-corrected chi connectivity index (χ4v) is 3.89. The predicted molar refractivity (Wildman–Crippen MR) is 127 cm³/mol. The Hall–Kier alpha value is -4.13. The molecule has 1 fully saturated rings. The number of ketones is 1. The van der Waals surface area contributed by atoms with Crippen LogP contribution in [0.2, 0.25) is 0 Å². The van der Waals surface area contributed by atoms with Crippen molar-refractivity contribution < 1.29 is 24.5 Å². The molecule has 1 saturated heterocycles. The number of nitrogens with zero attached hydrogens (tertiary/aromatic N) is 2. The Labute approximate surface area is 198 Å². The molecule has 1 unspecified atom stereocenters. The van der Waals surface area contributed by atoms with Gasteiger partial charge in [0.1, 0.15) is 17.3 Å². The van der Waals surface area contributed by atoms with E-state index in [-0.39, 0.29) is 23.6 Å². The van der Waals surface area contributed by atoms with Crippen LogP contribution in [0.3, 0.4) is 0 Å². The number of Topliss-reactive ketones (excluding diaryl/α,β-unsaturated/α-hetero) is 1. The summed E-state index contributed by atoms with van der Waals surface area (Å²) in [5.74, 6) is -0.820. The number of amides is 1. The van der Waals surface area contributed by atoms with Crippen LogP contribution < -0.4 is 4.74 Å². The highest BCUT2D eigenvalue weighted by atomic mass is 16.5. The molecule has 1 aromatic heterocycles. The van der Waals surface area contributed by atoms with Crippen LogP contribution in [-0.4, -0.2) is 38.4 Å². The molecule has 1 aliphatic rings. The molecule has 0 spiro atoms. The van der Waals surface area contributed by atoms with Gasteiger partial charge in [0.25, 0.3) is 11.7 Å². The predicted octanol–water partition coefficient (Wildman–Crippen LogP) is 4.44. The van der Waals surface area contributed by atoms with Crippen LogP contribution in [0.1, 0.15) is 36.6 Å². The first kappa shape index (κ1) is 23.0. The molecule has 174 valence electrons. The number of rotatable bonds is 7. The normalized spacial score (nSPS) is 17.4. The van der Waals surface area contributed by atoms with Gasteiger partial charge in [0.15, 0.2) is 0 Å². The number of aromatic hydroxyl groups is 1. The van der Waals surface area contributed by atoms with Gasteiger partial charge in [0, 0.05) is 24.5 Å². The maximum atomic E-state index is 13.2. The van der Waals surface area contributed by atoms with Gasteiger partial charge in [-0.2, -0.15) is 0 Å². The Morgan fingerprint density at radius 1 is 1.09 bits per heavy atom. The van der Waals surface area contributed by atoms with E-state index in [4.69, 9.17) is 4.74 Å². The summed E-state index contributed by atoms with van der Waals surface area (Å²) < 4.78 is 5.76. The van der Waals surface area contributed by atoms with Crippen molar-refractivity contribution in [1.82, 2.24) is 9.88 Å². The summed E-state index contributed by atoms with van der Waals surface area (Å²) in [6.45, 7) is 4.71. The molecule has 2 aromatic carbocycles. The Morgan fingerprint density at radius 3 is 2.53 bits per heavy atom. The molecule has 1 atom stereocenters. The second-order valence-electron chi connectivity index (χ2n) is 8.61. The van der Waals surface area contributed by atoms with E-state index in [1.54, 1.807) is 54.9 Å². The van der Waals surface area contributed by atoms with E-state index in [0.717, 1.165) is 5.56 Å². The van der Waals surface area contributed by atoms with Gasteiger partial charge in [-0.25, -0.2) is 0 Å². The van der Waals surface area contributed by atoms with E-state index in [0.29, 0.717) is 29.4 Å². The first-order chi connectivity index (χ1) is 16.3. The van der Waals surface area contributed by atoms with Crippen LogP contribution in [0.15, 0.2) is 78.6 Å². The molecular weight excluding hydrogens is 432 g/mol. The quantitative estimate of drug-likeness (QED) is 0.308. The summed E-state index contributed by atoms with van der Waals surface area (Å²) in [5, 5.41) is 21.0. The van der Waals surface area contributed by atoms with Gasteiger partial charge < -0.3 is 19.8 Å². The van der Waals surface area contributed by atoms with Crippen LogP contribution in [0.25, 0.3) is 5.76 Å². The van der Waals surface area contributed by atoms with Crippen molar-refractivity contribution in [3.05, 3.63) is 95.3 Å². The number of likely N-dealkylation sites (tertiary alicyclic amines) is 1. The number of pyridine rings is 1. The third-order valence-electron chi connectivity index (χ3n) is 5.52. The van der Waals surface area contributed by atoms with Gasteiger partial charge in [0.2, 0.25) is 0 Å². The van der Waals surface area contributed by atoms with E-state index in [1.165, 1.54) is 17.0 Å². The largest absolute Gasteiger partial charge is 0.508 e. The van der Waals surface area contributed by atoms with Gasteiger partial charge in [-0.3, -0.25) is 14.6 Å². The number of hydrogen-bond donors (Lipinski definition) is 2. The fraction of sp³-hybridized carbons (Fsp3) is 0.222. The number of ether oxygens (including phenoxy) is 1. The molecule has 0 saturated carbocycles. The van der Waals surface area contributed by atoms with E-state index < -0.39 is 17.7 Å². The highest BCUT2D eigenvalue weighted by Crippen LogP contribution is 2.40. The molecule has 7 heteroatoms. The van der Waals surface area contributed by atoms with E-state index in [2.05, 4.69) is 4.98 Å². The molecule has 1 aliphatic heterocycles. The third kappa shape index (κ3) is 4.78. The molecule has 2 N–H and O–H groups in total. The van der Waals surface area contributed by atoms with Gasteiger partial charge >= 0.3 is 0 Å². The Kier molecular flexibility index (Phi) is 6.63. The van der Waals surface area contributed by atoms with Crippen molar-refractivity contribution in [2.75, 3.05) is 6.61 Å². The zero-order valence-corrected chi connectivity index (χ0v) is 19.0. The van der Waals surface area contributed by atoms with Crippen molar-refractivity contribution >= 4 is 17.4 Å². The number of aliphatic hydroxyl groups excluding tert-OH is 1. The lowest BCUT2D eigenvalue weighted by Crippen LogP contribution is -2.29. The number of carbonyl (C=O) groups is 2. The summed E-state index contributed by atoms with van der Waals surface area (Å²) in [5.41, 5.74) is 1.71. The minimum Gasteiger partial charge on any atom is -0.508 e. The van der Waals surface area contributed by atoms with Gasteiger partial charge in [-0.05, 0) is 47.4 Å². The van der Waals surface area contributed by atoms with Crippen LogP contribution in [0.4, 0.5) is 0 Å². The number of aromatic nitrogens is 1. The van der Waals surface area contributed by atoms with Crippen molar-refractivity contribution in [1.29, 1.82) is 0 Å². The Morgan fingerprint density at radius 2 is 1.85 bits per heavy atom. The van der Waals surface area contributed by atoms with Crippen LogP contribution in [0, 0.1) is 5.92 Å². The number of carbonyl (C=O) groups excluding carboxylic acids is 2. The monoisotopic (exact) mass is 458 g/mol. The zero-order chi connectivity index (χ0) is 24.2. The van der Waals surface area contributed by atoms with Gasteiger partial charge in [0.05, 0.1) is 18.2 Å². The average Bonchev–Trinajstić information content (AvgIpc) is 3.08. The first-order valence-corrected chi connectivity index (χ1v) is 11.0. The zero-order valence-electron chi connectivity index (χ0n) is 19.0. The van der Waals surface area contributed by atoms with Crippen molar-refractivity contribution in [3.63, 3.8) is 0 Å². The highest BCUT2D eigenvalue weighted by Gasteiger charge is 2.46. The molecule has 3 aromatic rings. The third-order valence-corrected chi connectivity index (χ3v) is 5.52. The number of benzene rings is 2. The average molecular weight is 459 g/mol. The van der Waals surface area contributed by atoms with Gasteiger partial charge in [-0.15, -0.1) is 0 Å². The molecule has 0 bridgehead atoms. The second-order valence-corrected chi connectivity index (χ2v) is 8.61. The molecule has 34 heavy (non-hydrogen) atoms. The second kappa shape index (κ2) is 9.79. The number of phenols is 1. The van der Waals surface area contributed by atoms with Crippen LogP contribution in [0.5, 0.6) is 11.5 Å². The van der Waals surface area contributed by atoms with E-state index >= 15 is 0 Å². The highest BCUT2D eigenvalue weighted by molar-refractivity contribution is 6.46. The summed E-state index contributed by atoms with van der Waals surface area (Å²) >= 11 is 0. The fourth-order valence-electron chi connectivity index (χ4n) is 3.89. The number of hydrogen-bond acceptors (Lipinski definition) is 6. The summed E-state index contributed by atoms with van der Waals surface area (Å²) in [7, 11) is 0. The summed E-state index contributed by atoms with van der Waals surface area (Å²) in [6, 6.07) is 15.8. The standard InChI is InChI=1S/C27H26N2O5/c1-17(2)16-34-22-7-3-6-20(13-22)25(31)23-24(19-8-10-21(30)11-9-19)29(27(33)26(23)32)15-18-5-4-12-28-14-18/h3-14,17,24,30-31H,15-16H2,1-2H3/b25-23-. The maximum Gasteiger partial charge on any atom is 0.295 e. The van der Waals surface area contributed by atoms with Crippen molar-refractivity contribution in [2.24, 2.45) is 5.92 Å². The van der Waals surface area contributed by atoms with Crippen LogP contribution >= 0.6 is 0 Å². The lowest BCUT2D eigenvalue weighted by molar-refractivity contribution is -0.140. The van der Waals surface area contributed by atoms with Crippen molar-refractivity contribution in [2.45, 2.75) is 26.4 Å². The van der Waals surface area contributed by atoms with Crippen LogP contribution in [-0.2, 0) is 16.1 Å². The van der Waals surface area contributed by atoms with E-state index in [1.807, 2.05) is 19.9 Å². The first-order valence-electron chi connectivity index (χ1n) is 11.0. The molecular formula is C27H26N2O5. The molecule has 4 rings (SSSR count). The lowest BCUT2D eigenvalue weighted by Gasteiger charge is -2.25. The van der Waals surface area contributed by atoms with Gasteiger partial charge in [-0.1, -0.05) is 44.2 Å². The topological polar surface area (TPSA) is 100.0 Å². The Balaban J connectivity index is 1.79. The maximum absolute atomic E-state index is 13.2. The van der Waals surface area contributed by atoms with Crippen molar-refractivity contribution in [3.8, 4) is 11.5 Å². The Bertz CT molecular complexity index is 1220. The summed E-state index contributed by atoms with van der Waals surface area (Å²) in [6.07, 6.45) is 3.26. The number of aliphatic hydroxyl groups is 1. The minimum atomic E-state index is -0.832. The molecule has 1 amide bonds.